The molecule has 1 aliphatic heterocycles. The maximum absolute atomic E-state index is 7.84. The SMILES string of the molecule is [2H]C1NCCC(C(C)(C)C)C1[2H]. The molecule has 1 N–H and O–H groups in total. The summed E-state index contributed by atoms with van der Waals surface area (Å²) in [5.74, 6) is 0.362. The lowest BCUT2D eigenvalue weighted by atomic mass is 9.76. The Balaban J connectivity index is 2.64. The zero-order valence-corrected chi connectivity index (χ0v) is 7.15. The van der Waals surface area contributed by atoms with E-state index in [4.69, 9.17) is 2.74 Å². The van der Waals surface area contributed by atoms with E-state index in [1.54, 1.807) is 0 Å². The number of hydrogen-bond donors (Lipinski definition) is 1. The molecule has 1 rings (SSSR count). The van der Waals surface area contributed by atoms with Crippen LogP contribution in [0.15, 0.2) is 0 Å². The first-order chi connectivity index (χ1) is 5.43. The maximum Gasteiger partial charge on any atom is 0.0428 e. The molecule has 0 radical (unpaired) electrons. The molecule has 1 aliphatic rings. The van der Waals surface area contributed by atoms with Gasteiger partial charge in [-0.3, -0.25) is 0 Å². The quantitative estimate of drug-likeness (QED) is 0.547. The molecule has 3 atom stereocenters. The van der Waals surface area contributed by atoms with Gasteiger partial charge in [0, 0.05) is 2.74 Å². The molecular formula is C9H19N. The summed E-state index contributed by atoms with van der Waals surface area (Å²) in [6.45, 7) is 7.00. The Morgan fingerprint density at radius 1 is 1.50 bits per heavy atom. The van der Waals surface area contributed by atoms with Crippen LogP contribution >= 0.6 is 0 Å². The van der Waals surface area contributed by atoms with Gasteiger partial charge in [-0.15, -0.1) is 0 Å². The van der Waals surface area contributed by atoms with Crippen molar-refractivity contribution in [2.24, 2.45) is 11.3 Å². The first-order valence-electron chi connectivity index (χ1n) is 5.16. The molecule has 0 spiro atoms. The molecule has 0 aromatic rings. The predicted molar refractivity (Wildman–Crippen MR) is 45.0 cm³/mol. The first-order valence-corrected chi connectivity index (χ1v) is 4.01. The van der Waals surface area contributed by atoms with Crippen molar-refractivity contribution >= 4 is 0 Å². The fourth-order valence-electron chi connectivity index (χ4n) is 1.32. The summed E-state index contributed by atoms with van der Waals surface area (Å²) in [6.07, 6.45) is 0.770. The molecule has 0 bridgehead atoms. The van der Waals surface area contributed by atoms with Gasteiger partial charge in [0.25, 0.3) is 0 Å². The van der Waals surface area contributed by atoms with E-state index in [1.165, 1.54) is 0 Å². The molecule has 1 heteroatoms. The Morgan fingerprint density at radius 2 is 2.20 bits per heavy atom. The van der Waals surface area contributed by atoms with Gasteiger partial charge in [-0.1, -0.05) is 20.8 Å². The van der Waals surface area contributed by atoms with E-state index in [9.17, 15) is 0 Å². The lowest BCUT2D eigenvalue weighted by Crippen LogP contribution is -2.34. The lowest BCUT2D eigenvalue weighted by Gasteiger charge is -2.34. The van der Waals surface area contributed by atoms with Crippen LogP contribution in [0.25, 0.3) is 0 Å². The summed E-state index contributed by atoms with van der Waals surface area (Å²) in [5, 5.41) is 3.01. The normalized spacial score (nSPS) is 46.1. The molecule has 0 aromatic heterocycles. The van der Waals surface area contributed by atoms with E-state index in [0.29, 0.717) is 5.92 Å². The lowest BCUT2D eigenvalue weighted by molar-refractivity contribution is 0.188. The van der Waals surface area contributed by atoms with Crippen molar-refractivity contribution in [3.8, 4) is 0 Å². The number of nitrogens with one attached hydrogen (secondary N) is 1. The van der Waals surface area contributed by atoms with E-state index < -0.39 is 0 Å². The zero-order valence-electron chi connectivity index (χ0n) is 9.15. The molecule has 1 heterocycles. The average Bonchev–Trinajstić information content (AvgIpc) is 1.92. The van der Waals surface area contributed by atoms with Gasteiger partial charge in [0.1, 0.15) is 0 Å². The van der Waals surface area contributed by atoms with Gasteiger partial charge >= 0.3 is 0 Å². The van der Waals surface area contributed by atoms with Crippen LogP contribution in [-0.4, -0.2) is 13.1 Å². The molecule has 0 amide bonds. The van der Waals surface area contributed by atoms with Crippen LogP contribution in [0.5, 0.6) is 0 Å². The Hall–Kier alpha value is -0.0400. The highest BCUT2D eigenvalue weighted by atomic mass is 14.9. The van der Waals surface area contributed by atoms with Crippen LogP contribution in [-0.2, 0) is 0 Å². The Labute approximate surface area is 67.0 Å². The standard InChI is InChI=1S/C9H19N/c1-9(2,3)8-4-6-10-7-5-8/h8,10H,4-7H2,1-3H3/i4D,6D. The van der Waals surface area contributed by atoms with Gasteiger partial charge in [-0.05, 0) is 37.2 Å². The van der Waals surface area contributed by atoms with Gasteiger partial charge in [-0.2, -0.15) is 0 Å². The summed E-state index contributed by atoms with van der Waals surface area (Å²) in [5.41, 5.74) is 0.174. The van der Waals surface area contributed by atoms with E-state index in [1.807, 2.05) is 0 Å². The van der Waals surface area contributed by atoms with Crippen LogP contribution in [0, 0.1) is 11.3 Å². The fourth-order valence-corrected chi connectivity index (χ4v) is 1.32. The highest BCUT2D eigenvalue weighted by Gasteiger charge is 2.25. The molecule has 3 unspecified atom stereocenters. The number of hydrogen-bond acceptors (Lipinski definition) is 1. The predicted octanol–water partition coefficient (Wildman–Crippen LogP) is 2.03. The van der Waals surface area contributed by atoms with Crippen molar-refractivity contribution in [2.75, 3.05) is 13.1 Å². The van der Waals surface area contributed by atoms with Crippen molar-refractivity contribution in [3.05, 3.63) is 0 Å². The third-order valence-electron chi connectivity index (χ3n) is 2.16. The highest BCUT2D eigenvalue weighted by Crippen LogP contribution is 2.32. The van der Waals surface area contributed by atoms with Crippen molar-refractivity contribution in [1.29, 1.82) is 0 Å². The third kappa shape index (κ3) is 1.98. The monoisotopic (exact) mass is 143 g/mol. The Kier molecular flexibility index (Phi) is 1.63. The molecule has 0 saturated carbocycles. The second-order valence-corrected chi connectivity index (χ2v) is 4.07. The topological polar surface area (TPSA) is 12.0 Å². The summed E-state index contributed by atoms with van der Waals surface area (Å²) in [7, 11) is 0. The Bertz CT molecular complexity index is 153. The van der Waals surface area contributed by atoms with Crippen LogP contribution in [0.3, 0.4) is 0 Å². The second kappa shape index (κ2) is 2.91. The van der Waals surface area contributed by atoms with Gasteiger partial charge in [0.2, 0.25) is 0 Å². The average molecular weight is 143 g/mol. The van der Waals surface area contributed by atoms with Crippen molar-refractivity contribution in [2.45, 2.75) is 33.6 Å². The molecule has 1 fully saturated rings. The maximum atomic E-state index is 7.84. The minimum absolute atomic E-state index is 0.174. The first kappa shape index (κ1) is 5.59. The van der Waals surface area contributed by atoms with Crippen molar-refractivity contribution < 1.29 is 2.74 Å². The van der Waals surface area contributed by atoms with E-state index in [2.05, 4.69) is 26.1 Å². The van der Waals surface area contributed by atoms with Crippen LogP contribution < -0.4 is 5.32 Å². The second-order valence-electron chi connectivity index (χ2n) is 4.07. The zero-order chi connectivity index (χ0) is 9.35. The number of piperidine rings is 1. The molecule has 1 saturated heterocycles. The van der Waals surface area contributed by atoms with Crippen LogP contribution in [0.1, 0.15) is 36.3 Å². The van der Waals surface area contributed by atoms with E-state index in [0.717, 1.165) is 13.0 Å². The molecule has 10 heavy (non-hydrogen) atoms. The van der Waals surface area contributed by atoms with Crippen molar-refractivity contribution in [3.63, 3.8) is 0 Å². The van der Waals surface area contributed by atoms with Gasteiger partial charge in [0.05, 0.1) is 0 Å². The van der Waals surface area contributed by atoms with Gasteiger partial charge < -0.3 is 5.32 Å². The summed E-state index contributed by atoms with van der Waals surface area (Å²) in [6, 6.07) is 0. The summed E-state index contributed by atoms with van der Waals surface area (Å²) in [4.78, 5) is 0. The minimum Gasteiger partial charge on any atom is -0.317 e. The van der Waals surface area contributed by atoms with Gasteiger partial charge in [-0.25, -0.2) is 0 Å². The number of rotatable bonds is 0. The molecular weight excluding hydrogens is 122 g/mol. The summed E-state index contributed by atoms with van der Waals surface area (Å²) >= 11 is 0. The van der Waals surface area contributed by atoms with E-state index >= 15 is 0 Å². The van der Waals surface area contributed by atoms with Gasteiger partial charge in [0.15, 0.2) is 0 Å². The molecule has 0 aliphatic carbocycles. The molecule has 0 aromatic carbocycles. The smallest absolute Gasteiger partial charge is 0.0428 e. The fraction of sp³-hybridized carbons (Fsp3) is 1.00. The summed E-state index contributed by atoms with van der Waals surface area (Å²) < 4.78 is 15.4. The molecule has 1 nitrogen and oxygen atoms in total. The Morgan fingerprint density at radius 3 is 2.70 bits per heavy atom. The molecule has 60 valence electrons. The van der Waals surface area contributed by atoms with Crippen molar-refractivity contribution in [1.82, 2.24) is 5.32 Å². The third-order valence-corrected chi connectivity index (χ3v) is 2.16. The van der Waals surface area contributed by atoms with Crippen LogP contribution in [0.4, 0.5) is 0 Å². The minimum atomic E-state index is -0.386. The largest absolute Gasteiger partial charge is 0.317 e. The van der Waals surface area contributed by atoms with Crippen LogP contribution in [0.2, 0.25) is 0 Å². The highest BCUT2D eigenvalue weighted by molar-refractivity contribution is 4.78. The van der Waals surface area contributed by atoms with E-state index in [-0.39, 0.29) is 18.3 Å².